The van der Waals surface area contributed by atoms with Crippen molar-refractivity contribution in [3.63, 3.8) is 0 Å². The standard InChI is InChI=1S/C25H34F3N5O/c1-4-24(3,18(2)14-15-30-16-19-8-6-5-7-9-19)33-22(29)20-10-12-21(13-11-20)32-23(34)31-17-25(26,27)28/h5-13,18,30H,4,14-17H2,1-3H3,(H2,29,33)(H2,31,32,34)/t18?,24-/m0/s1. The summed E-state index contributed by atoms with van der Waals surface area (Å²) in [5.74, 6) is 0.652. The number of urea groups is 1. The van der Waals surface area contributed by atoms with Crippen LogP contribution < -0.4 is 21.7 Å². The van der Waals surface area contributed by atoms with Gasteiger partial charge in [-0.05, 0) is 62.1 Å². The number of benzene rings is 2. The number of nitrogens with two attached hydrogens (primary N) is 1. The lowest BCUT2D eigenvalue weighted by Crippen LogP contribution is -2.36. The molecule has 0 bridgehead atoms. The molecular weight excluding hydrogens is 443 g/mol. The summed E-state index contributed by atoms with van der Waals surface area (Å²) in [6.45, 7) is 6.61. The first-order chi connectivity index (χ1) is 16.0. The molecule has 6 nitrogen and oxygen atoms in total. The first-order valence-electron chi connectivity index (χ1n) is 11.3. The summed E-state index contributed by atoms with van der Waals surface area (Å²) in [6, 6.07) is 15.8. The van der Waals surface area contributed by atoms with E-state index in [1.165, 1.54) is 5.56 Å². The fourth-order valence-corrected chi connectivity index (χ4v) is 3.42. The molecule has 2 atom stereocenters. The summed E-state index contributed by atoms with van der Waals surface area (Å²) in [5, 5.41) is 7.59. The minimum absolute atomic E-state index is 0.276. The van der Waals surface area contributed by atoms with Gasteiger partial charge in [0.25, 0.3) is 0 Å². The highest BCUT2D eigenvalue weighted by Gasteiger charge is 2.29. The lowest BCUT2D eigenvalue weighted by molar-refractivity contribution is -0.122. The summed E-state index contributed by atoms with van der Waals surface area (Å²) >= 11 is 0. The zero-order valence-corrected chi connectivity index (χ0v) is 19.9. The van der Waals surface area contributed by atoms with Crippen LogP contribution in [0.5, 0.6) is 0 Å². The van der Waals surface area contributed by atoms with Crippen molar-refractivity contribution in [2.45, 2.75) is 51.9 Å². The van der Waals surface area contributed by atoms with E-state index in [-0.39, 0.29) is 11.5 Å². The highest BCUT2D eigenvalue weighted by molar-refractivity contribution is 5.98. The molecule has 0 saturated heterocycles. The second-order valence-corrected chi connectivity index (χ2v) is 8.56. The van der Waals surface area contributed by atoms with Gasteiger partial charge < -0.3 is 21.7 Å². The number of hydrogen-bond acceptors (Lipinski definition) is 3. The molecule has 186 valence electrons. The van der Waals surface area contributed by atoms with Crippen LogP contribution in [0.15, 0.2) is 59.6 Å². The summed E-state index contributed by atoms with van der Waals surface area (Å²) < 4.78 is 36.6. The number of nitrogens with zero attached hydrogens (tertiary/aromatic N) is 1. The van der Waals surface area contributed by atoms with Crippen molar-refractivity contribution in [3.8, 4) is 0 Å². The molecule has 9 heteroatoms. The van der Waals surface area contributed by atoms with E-state index in [1.54, 1.807) is 29.6 Å². The Bertz CT molecular complexity index is 932. The maximum Gasteiger partial charge on any atom is 0.405 e. The normalized spacial score (nSPS) is 14.8. The fourth-order valence-electron chi connectivity index (χ4n) is 3.42. The van der Waals surface area contributed by atoms with E-state index in [2.05, 4.69) is 43.5 Å². The number of alkyl halides is 3. The van der Waals surface area contributed by atoms with Gasteiger partial charge in [-0.3, -0.25) is 4.99 Å². The number of amides is 2. The third kappa shape index (κ3) is 9.05. The van der Waals surface area contributed by atoms with Gasteiger partial charge in [-0.1, -0.05) is 44.2 Å². The minimum atomic E-state index is -4.47. The second-order valence-electron chi connectivity index (χ2n) is 8.56. The number of anilines is 1. The Kier molecular flexibility index (Phi) is 9.92. The van der Waals surface area contributed by atoms with E-state index in [4.69, 9.17) is 10.7 Å². The Morgan fingerprint density at radius 3 is 2.32 bits per heavy atom. The Hall–Kier alpha value is -3.07. The molecule has 2 amide bonds. The molecule has 2 rings (SSSR count). The van der Waals surface area contributed by atoms with E-state index in [1.807, 2.05) is 18.2 Å². The minimum Gasteiger partial charge on any atom is -0.383 e. The van der Waals surface area contributed by atoms with E-state index in [0.29, 0.717) is 17.1 Å². The number of nitrogens with one attached hydrogen (secondary N) is 3. The summed E-state index contributed by atoms with van der Waals surface area (Å²) in [7, 11) is 0. The Labute approximate surface area is 199 Å². The van der Waals surface area contributed by atoms with Crippen molar-refractivity contribution in [2.75, 3.05) is 18.4 Å². The lowest BCUT2D eigenvalue weighted by Gasteiger charge is -2.32. The van der Waals surface area contributed by atoms with Gasteiger partial charge in [-0.15, -0.1) is 0 Å². The molecule has 0 aliphatic rings. The molecule has 0 fully saturated rings. The number of aliphatic imine (C=N–C) groups is 1. The maximum absolute atomic E-state index is 12.2. The quantitative estimate of drug-likeness (QED) is 0.207. The summed E-state index contributed by atoms with van der Waals surface area (Å²) in [4.78, 5) is 16.4. The van der Waals surface area contributed by atoms with Gasteiger partial charge in [0.1, 0.15) is 12.4 Å². The van der Waals surface area contributed by atoms with Crippen LogP contribution in [-0.4, -0.2) is 36.7 Å². The van der Waals surface area contributed by atoms with Crippen LogP contribution in [0.4, 0.5) is 23.7 Å². The molecule has 1 unspecified atom stereocenters. The van der Waals surface area contributed by atoms with E-state index < -0.39 is 18.8 Å². The number of rotatable bonds is 11. The number of halogens is 3. The molecule has 34 heavy (non-hydrogen) atoms. The molecule has 0 aliphatic carbocycles. The Morgan fingerprint density at radius 1 is 1.09 bits per heavy atom. The Morgan fingerprint density at radius 2 is 1.74 bits per heavy atom. The monoisotopic (exact) mass is 477 g/mol. The average molecular weight is 478 g/mol. The van der Waals surface area contributed by atoms with Crippen LogP contribution in [0.3, 0.4) is 0 Å². The van der Waals surface area contributed by atoms with E-state index >= 15 is 0 Å². The number of amidine groups is 1. The molecule has 0 heterocycles. The van der Waals surface area contributed by atoms with Crippen LogP contribution in [0, 0.1) is 5.92 Å². The smallest absolute Gasteiger partial charge is 0.383 e. The highest BCUT2D eigenvalue weighted by atomic mass is 19.4. The average Bonchev–Trinajstić information content (AvgIpc) is 2.81. The van der Waals surface area contributed by atoms with Crippen molar-refractivity contribution < 1.29 is 18.0 Å². The van der Waals surface area contributed by atoms with Crippen molar-refractivity contribution >= 4 is 17.6 Å². The van der Waals surface area contributed by atoms with Gasteiger partial charge in [0.2, 0.25) is 0 Å². The molecule has 0 aliphatic heterocycles. The third-order valence-electron chi connectivity index (χ3n) is 5.97. The molecule has 0 aromatic heterocycles. The van der Waals surface area contributed by atoms with Crippen molar-refractivity contribution in [3.05, 3.63) is 65.7 Å². The Balaban J connectivity index is 1.92. The highest BCUT2D eigenvalue weighted by Crippen LogP contribution is 2.28. The second kappa shape index (κ2) is 12.4. The molecule has 0 radical (unpaired) electrons. The van der Waals surface area contributed by atoms with E-state index in [0.717, 1.165) is 25.9 Å². The van der Waals surface area contributed by atoms with Gasteiger partial charge in [0.15, 0.2) is 0 Å². The lowest BCUT2D eigenvalue weighted by atomic mass is 9.83. The van der Waals surface area contributed by atoms with Gasteiger partial charge in [0, 0.05) is 17.8 Å². The van der Waals surface area contributed by atoms with Crippen LogP contribution in [0.25, 0.3) is 0 Å². The van der Waals surface area contributed by atoms with Crippen LogP contribution in [-0.2, 0) is 6.54 Å². The van der Waals surface area contributed by atoms with Crippen LogP contribution in [0.1, 0.15) is 44.7 Å². The fraction of sp³-hybridized carbons (Fsp3) is 0.440. The predicted octanol–water partition coefficient (Wildman–Crippen LogP) is 5.06. The van der Waals surface area contributed by atoms with Crippen molar-refractivity contribution in [1.29, 1.82) is 0 Å². The molecule has 0 saturated carbocycles. The predicted molar refractivity (Wildman–Crippen MR) is 131 cm³/mol. The first-order valence-corrected chi connectivity index (χ1v) is 11.3. The van der Waals surface area contributed by atoms with Gasteiger partial charge in [0.05, 0.1) is 5.54 Å². The third-order valence-corrected chi connectivity index (χ3v) is 5.97. The zero-order chi connectivity index (χ0) is 25.2. The van der Waals surface area contributed by atoms with Gasteiger partial charge in [-0.2, -0.15) is 13.2 Å². The molecule has 2 aromatic rings. The maximum atomic E-state index is 12.2. The summed E-state index contributed by atoms with van der Waals surface area (Å²) in [5.41, 5.74) is 8.20. The largest absolute Gasteiger partial charge is 0.405 e. The molecular formula is C25H34F3N5O. The van der Waals surface area contributed by atoms with Crippen LogP contribution in [0.2, 0.25) is 0 Å². The SMILES string of the molecule is CC[C@](C)(N=C(N)c1ccc(NC(=O)NCC(F)(F)F)cc1)C(C)CCNCc1ccccc1. The van der Waals surface area contributed by atoms with E-state index in [9.17, 15) is 18.0 Å². The molecule has 5 N–H and O–H groups in total. The van der Waals surface area contributed by atoms with Crippen LogP contribution >= 0.6 is 0 Å². The van der Waals surface area contributed by atoms with Crippen molar-refractivity contribution in [2.24, 2.45) is 16.6 Å². The van der Waals surface area contributed by atoms with Crippen molar-refractivity contribution in [1.82, 2.24) is 10.6 Å². The number of carbonyl (C=O) groups excluding carboxylic acids is 1. The van der Waals surface area contributed by atoms with Gasteiger partial charge >= 0.3 is 12.2 Å². The molecule has 0 spiro atoms. The van der Waals surface area contributed by atoms with Gasteiger partial charge in [-0.25, -0.2) is 4.79 Å². The number of hydrogen-bond donors (Lipinski definition) is 4. The number of carbonyl (C=O) groups is 1. The summed E-state index contributed by atoms with van der Waals surface area (Å²) in [6.07, 6.45) is -2.72. The first kappa shape index (κ1) is 27.2. The molecule has 2 aromatic carbocycles. The topological polar surface area (TPSA) is 91.5 Å². The zero-order valence-electron chi connectivity index (χ0n) is 19.9.